The van der Waals surface area contributed by atoms with E-state index in [-0.39, 0.29) is 5.91 Å². The number of benzene rings is 1. The number of rotatable bonds is 3. The molecule has 0 bridgehead atoms. The number of carbonyl (C=O) groups is 1. The summed E-state index contributed by atoms with van der Waals surface area (Å²) in [4.78, 5) is 14.0. The molecule has 1 amide bonds. The summed E-state index contributed by atoms with van der Waals surface area (Å²) in [5, 5.41) is 0. The molecule has 0 saturated heterocycles. The number of carbonyl (C=O) groups excluding carboxylic acids is 1. The van der Waals surface area contributed by atoms with Crippen LogP contribution in [0.5, 0.6) is 0 Å². The van der Waals surface area contributed by atoms with Crippen LogP contribution in [0.1, 0.15) is 23.0 Å². The Morgan fingerprint density at radius 3 is 2.61 bits per heavy atom. The van der Waals surface area contributed by atoms with Gasteiger partial charge in [0.15, 0.2) is 5.76 Å². The second kappa shape index (κ2) is 4.96. The van der Waals surface area contributed by atoms with Crippen molar-refractivity contribution < 1.29 is 9.21 Å². The molecule has 94 valence electrons. The van der Waals surface area contributed by atoms with Crippen molar-refractivity contribution in [2.45, 2.75) is 13.8 Å². The van der Waals surface area contributed by atoms with Gasteiger partial charge in [0.25, 0.3) is 5.91 Å². The molecule has 0 aliphatic rings. The van der Waals surface area contributed by atoms with Gasteiger partial charge in [0.1, 0.15) is 0 Å². The summed E-state index contributed by atoms with van der Waals surface area (Å²) in [5.41, 5.74) is 8.02. The lowest BCUT2D eigenvalue weighted by Gasteiger charge is -2.21. The van der Waals surface area contributed by atoms with Crippen LogP contribution in [0.15, 0.2) is 41.0 Å². The monoisotopic (exact) mass is 244 g/mol. The highest BCUT2D eigenvalue weighted by Gasteiger charge is 2.21. The number of hydrogen-bond acceptors (Lipinski definition) is 3. The predicted molar refractivity (Wildman–Crippen MR) is 71.6 cm³/mol. The normalized spacial score (nSPS) is 10.3. The molecule has 4 nitrogen and oxygen atoms in total. The smallest absolute Gasteiger partial charge is 0.294 e. The Kier molecular flexibility index (Phi) is 3.37. The third-order valence-electron chi connectivity index (χ3n) is 2.85. The van der Waals surface area contributed by atoms with Crippen LogP contribution in [0.25, 0.3) is 0 Å². The molecular weight excluding hydrogens is 228 g/mol. The van der Waals surface area contributed by atoms with E-state index in [9.17, 15) is 4.79 Å². The molecule has 1 aromatic carbocycles. The van der Waals surface area contributed by atoms with Crippen LogP contribution in [-0.4, -0.2) is 12.5 Å². The average Bonchev–Trinajstić information content (AvgIpc) is 2.78. The molecule has 0 fully saturated rings. The Morgan fingerprint density at radius 1 is 1.33 bits per heavy atom. The maximum Gasteiger partial charge on any atom is 0.294 e. The lowest BCUT2D eigenvalue weighted by molar-refractivity contribution is 0.0961. The summed E-state index contributed by atoms with van der Waals surface area (Å²) in [6.45, 7) is 4.29. The predicted octanol–water partition coefficient (Wildman–Crippen LogP) is 2.84. The molecule has 0 radical (unpaired) electrons. The molecular formula is C14H16N2O2. The SMILES string of the molecule is CCN(C(=O)c1occc1C)c1ccccc1N. The van der Waals surface area contributed by atoms with Crippen LogP contribution in [0, 0.1) is 6.92 Å². The first-order chi connectivity index (χ1) is 8.65. The molecule has 2 N–H and O–H groups in total. The molecule has 1 aromatic heterocycles. The minimum atomic E-state index is -0.169. The van der Waals surface area contributed by atoms with Gasteiger partial charge in [-0.15, -0.1) is 0 Å². The largest absolute Gasteiger partial charge is 0.459 e. The van der Waals surface area contributed by atoms with Crippen molar-refractivity contribution >= 4 is 17.3 Å². The van der Waals surface area contributed by atoms with Gasteiger partial charge in [0.2, 0.25) is 0 Å². The first-order valence-corrected chi connectivity index (χ1v) is 5.85. The topological polar surface area (TPSA) is 59.5 Å². The van der Waals surface area contributed by atoms with Gasteiger partial charge in [0, 0.05) is 12.1 Å². The summed E-state index contributed by atoms with van der Waals surface area (Å²) in [7, 11) is 0. The zero-order valence-electron chi connectivity index (χ0n) is 10.5. The Labute approximate surface area is 106 Å². The third-order valence-corrected chi connectivity index (χ3v) is 2.85. The fourth-order valence-electron chi connectivity index (χ4n) is 1.87. The standard InChI is InChI=1S/C14H16N2O2/c1-3-16(12-7-5-4-6-11(12)15)14(17)13-10(2)8-9-18-13/h4-9H,3,15H2,1-2H3. The molecule has 0 unspecified atom stereocenters. The van der Waals surface area contributed by atoms with Crippen molar-refractivity contribution in [3.05, 3.63) is 47.9 Å². The Bertz CT molecular complexity index is 560. The van der Waals surface area contributed by atoms with E-state index in [1.54, 1.807) is 17.0 Å². The Hall–Kier alpha value is -2.23. The van der Waals surface area contributed by atoms with E-state index < -0.39 is 0 Å². The van der Waals surface area contributed by atoms with Crippen molar-refractivity contribution in [1.29, 1.82) is 0 Å². The molecule has 2 aromatic rings. The van der Waals surface area contributed by atoms with Crippen molar-refractivity contribution in [2.24, 2.45) is 0 Å². The molecule has 2 rings (SSSR count). The number of hydrogen-bond donors (Lipinski definition) is 1. The molecule has 0 saturated carbocycles. The lowest BCUT2D eigenvalue weighted by Crippen LogP contribution is -2.31. The van der Waals surface area contributed by atoms with E-state index in [1.807, 2.05) is 32.0 Å². The second-order valence-corrected chi connectivity index (χ2v) is 4.04. The van der Waals surface area contributed by atoms with Crippen LogP contribution in [-0.2, 0) is 0 Å². The number of amides is 1. The van der Waals surface area contributed by atoms with Gasteiger partial charge >= 0.3 is 0 Å². The maximum atomic E-state index is 12.4. The number of furan rings is 1. The van der Waals surface area contributed by atoms with Gasteiger partial charge in [-0.25, -0.2) is 0 Å². The van der Waals surface area contributed by atoms with E-state index in [1.165, 1.54) is 6.26 Å². The van der Waals surface area contributed by atoms with Crippen LogP contribution in [0.2, 0.25) is 0 Å². The van der Waals surface area contributed by atoms with Gasteiger partial charge < -0.3 is 15.1 Å². The van der Waals surface area contributed by atoms with Crippen LogP contribution in [0.4, 0.5) is 11.4 Å². The Balaban J connectivity index is 2.39. The summed E-state index contributed by atoms with van der Waals surface area (Å²) < 4.78 is 5.24. The van der Waals surface area contributed by atoms with Crippen molar-refractivity contribution in [3.8, 4) is 0 Å². The number of anilines is 2. The maximum absolute atomic E-state index is 12.4. The van der Waals surface area contributed by atoms with Crippen LogP contribution >= 0.6 is 0 Å². The quantitative estimate of drug-likeness (QED) is 0.844. The molecule has 1 heterocycles. The van der Waals surface area contributed by atoms with E-state index in [2.05, 4.69) is 0 Å². The highest BCUT2D eigenvalue weighted by atomic mass is 16.3. The van der Waals surface area contributed by atoms with Crippen molar-refractivity contribution in [2.75, 3.05) is 17.2 Å². The molecule has 4 heteroatoms. The van der Waals surface area contributed by atoms with E-state index >= 15 is 0 Å². The van der Waals surface area contributed by atoms with Gasteiger partial charge in [-0.3, -0.25) is 4.79 Å². The fraction of sp³-hybridized carbons (Fsp3) is 0.214. The molecule has 0 atom stereocenters. The fourth-order valence-corrected chi connectivity index (χ4v) is 1.87. The summed E-state index contributed by atoms with van der Waals surface area (Å²) in [5.74, 6) is 0.193. The first kappa shape index (κ1) is 12.2. The third kappa shape index (κ3) is 2.09. The minimum absolute atomic E-state index is 0.169. The lowest BCUT2D eigenvalue weighted by atomic mass is 10.2. The zero-order valence-corrected chi connectivity index (χ0v) is 10.5. The van der Waals surface area contributed by atoms with Gasteiger partial charge in [-0.05, 0) is 32.0 Å². The average molecular weight is 244 g/mol. The second-order valence-electron chi connectivity index (χ2n) is 4.04. The molecule has 0 spiro atoms. The molecule has 18 heavy (non-hydrogen) atoms. The molecule has 0 aliphatic carbocycles. The zero-order chi connectivity index (χ0) is 13.1. The highest BCUT2D eigenvalue weighted by Crippen LogP contribution is 2.25. The van der Waals surface area contributed by atoms with Crippen molar-refractivity contribution in [1.82, 2.24) is 0 Å². The highest BCUT2D eigenvalue weighted by molar-refractivity contribution is 6.06. The summed E-state index contributed by atoms with van der Waals surface area (Å²) in [6.07, 6.45) is 1.52. The summed E-state index contributed by atoms with van der Waals surface area (Å²) >= 11 is 0. The van der Waals surface area contributed by atoms with Crippen LogP contribution < -0.4 is 10.6 Å². The van der Waals surface area contributed by atoms with Crippen molar-refractivity contribution in [3.63, 3.8) is 0 Å². The first-order valence-electron chi connectivity index (χ1n) is 5.85. The number of nitrogen functional groups attached to an aromatic ring is 1. The number of nitrogens with two attached hydrogens (primary N) is 1. The number of para-hydroxylation sites is 2. The van der Waals surface area contributed by atoms with Gasteiger partial charge in [-0.2, -0.15) is 0 Å². The van der Waals surface area contributed by atoms with E-state index in [4.69, 9.17) is 10.2 Å². The van der Waals surface area contributed by atoms with Gasteiger partial charge in [0.05, 0.1) is 17.6 Å². The Morgan fingerprint density at radius 2 is 2.06 bits per heavy atom. The van der Waals surface area contributed by atoms with Crippen LogP contribution in [0.3, 0.4) is 0 Å². The number of nitrogens with zero attached hydrogens (tertiary/aromatic N) is 1. The molecule has 0 aliphatic heterocycles. The summed E-state index contributed by atoms with van der Waals surface area (Å²) in [6, 6.07) is 9.08. The van der Waals surface area contributed by atoms with E-state index in [0.29, 0.717) is 23.7 Å². The number of aryl methyl sites for hydroxylation is 1. The van der Waals surface area contributed by atoms with Gasteiger partial charge in [-0.1, -0.05) is 12.1 Å². The van der Waals surface area contributed by atoms with E-state index in [0.717, 1.165) is 5.56 Å². The minimum Gasteiger partial charge on any atom is -0.459 e.